The standard InChI is InChI=1S/C16H17FN4O/c1-2-8-19-16-20-10-13(11-21-16)15(22)18-9-7-12-5-3-4-6-14(12)17/h2-6,10-11H,1,7-9H2,(H,18,22)(H,19,20,21). The van der Waals surface area contributed by atoms with E-state index in [1.54, 1.807) is 24.3 Å². The molecule has 0 saturated carbocycles. The number of nitrogens with one attached hydrogen (secondary N) is 2. The molecule has 1 amide bonds. The van der Waals surface area contributed by atoms with Crippen LogP contribution >= 0.6 is 0 Å². The second kappa shape index (κ2) is 7.87. The fourth-order valence-corrected chi connectivity index (χ4v) is 1.81. The van der Waals surface area contributed by atoms with Crippen molar-refractivity contribution in [2.45, 2.75) is 6.42 Å². The van der Waals surface area contributed by atoms with E-state index in [1.165, 1.54) is 18.5 Å². The summed E-state index contributed by atoms with van der Waals surface area (Å²) in [6, 6.07) is 6.50. The zero-order valence-electron chi connectivity index (χ0n) is 12.1. The van der Waals surface area contributed by atoms with Crippen LogP contribution in [0.4, 0.5) is 10.3 Å². The van der Waals surface area contributed by atoms with Gasteiger partial charge in [0, 0.05) is 25.5 Å². The molecule has 0 unspecified atom stereocenters. The summed E-state index contributed by atoms with van der Waals surface area (Å²) in [4.78, 5) is 20.0. The number of benzene rings is 1. The predicted molar refractivity (Wildman–Crippen MR) is 83.2 cm³/mol. The van der Waals surface area contributed by atoms with Gasteiger partial charge in [-0.2, -0.15) is 0 Å². The van der Waals surface area contributed by atoms with Gasteiger partial charge in [-0.3, -0.25) is 4.79 Å². The highest BCUT2D eigenvalue weighted by molar-refractivity contribution is 5.93. The van der Waals surface area contributed by atoms with Crippen LogP contribution in [-0.2, 0) is 6.42 Å². The Morgan fingerprint density at radius 2 is 2.00 bits per heavy atom. The van der Waals surface area contributed by atoms with Gasteiger partial charge in [-0.05, 0) is 18.1 Å². The molecule has 114 valence electrons. The Bertz CT molecular complexity index is 643. The zero-order chi connectivity index (χ0) is 15.8. The molecule has 0 bridgehead atoms. The van der Waals surface area contributed by atoms with E-state index in [4.69, 9.17) is 0 Å². The van der Waals surface area contributed by atoms with Gasteiger partial charge in [0.25, 0.3) is 5.91 Å². The van der Waals surface area contributed by atoms with Gasteiger partial charge in [0.1, 0.15) is 5.82 Å². The molecule has 0 aliphatic heterocycles. The van der Waals surface area contributed by atoms with Crippen molar-refractivity contribution in [2.75, 3.05) is 18.4 Å². The summed E-state index contributed by atoms with van der Waals surface area (Å²) in [5.41, 5.74) is 0.931. The highest BCUT2D eigenvalue weighted by Gasteiger charge is 2.07. The number of amides is 1. The third-order valence-corrected chi connectivity index (χ3v) is 2.96. The number of hydrogen-bond donors (Lipinski definition) is 2. The van der Waals surface area contributed by atoms with Crippen LogP contribution in [0.1, 0.15) is 15.9 Å². The molecular weight excluding hydrogens is 283 g/mol. The van der Waals surface area contributed by atoms with Crippen molar-refractivity contribution in [3.05, 3.63) is 66.3 Å². The van der Waals surface area contributed by atoms with Crippen molar-refractivity contribution < 1.29 is 9.18 Å². The molecule has 0 radical (unpaired) electrons. The van der Waals surface area contributed by atoms with E-state index in [2.05, 4.69) is 27.2 Å². The lowest BCUT2D eigenvalue weighted by atomic mass is 10.1. The van der Waals surface area contributed by atoms with Crippen LogP contribution in [-0.4, -0.2) is 29.0 Å². The summed E-state index contributed by atoms with van der Waals surface area (Å²) >= 11 is 0. The molecule has 2 rings (SSSR count). The summed E-state index contributed by atoms with van der Waals surface area (Å²) in [5, 5.41) is 5.63. The Hall–Kier alpha value is -2.76. The average molecular weight is 300 g/mol. The zero-order valence-corrected chi connectivity index (χ0v) is 12.1. The third kappa shape index (κ3) is 4.37. The minimum atomic E-state index is -0.286. The molecule has 2 aromatic rings. The quantitative estimate of drug-likeness (QED) is 0.769. The van der Waals surface area contributed by atoms with Crippen molar-refractivity contribution in [1.82, 2.24) is 15.3 Å². The largest absolute Gasteiger partial charge is 0.352 e. The number of carbonyl (C=O) groups excluding carboxylic acids is 1. The fraction of sp³-hybridized carbons (Fsp3) is 0.188. The van der Waals surface area contributed by atoms with E-state index < -0.39 is 0 Å². The summed E-state index contributed by atoms with van der Waals surface area (Å²) in [6.07, 6.45) is 5.00. The third-order valence-electron chi connectivity index (χ3n) is 2.96. The van der Waals surface area contributed by atoms with Crippen LogP contribution in [0.15, 0.2) is 49.3 Å². The smallest absolute Gasteiger partial charge is 0.254 e. The van der Waals surface area contributed by atoms with E-state index in [0.29, 0.717) is 36.6 Å². The first-order chi connectivity index (χ1) is 10.7. The summed E-state index contributed by atoms with van der Waals surface area (Å²) in [5.74, 6) is -0.118. The molecule has 0 saturated heterocycles. The molecule has 0 aliphatic carbocycles. The summed E-state index contributed by atoms with van der Waals surface area (Å²) in [7, 11) is 0. The minimum Gasteiger partial charge on any atom is -0.352 e. The second-order valence-electron chi connectivity index (χ2n) is 4.56. The molecule has 1 aromatic heterocycles. The molecule has 0 aliphatic rings. The first-order valence-corrected chi connectivity index (χ1v) is 6.89. The van der Waals surface area contributed by atoms with E-state index >= 15 is 0 Å². The van der Waals surface area contributed by atoms with Crippen LogP contribution in [0.5, 0.6) is 0 Å². The fourth-order valence-electron chi connectivity index (χ4n) is 1.81. The van der Waals surface area contributed by atoms with Crippen molar-refractivity contribution >= 4 is 11.9 Å². The SMILES string of the molecule is C=CCNc1ncc(C(=O)NCCc2ccccc2F)cn1. The lowest BCUT2D eigenvalue weighted by Crippen LogP contribution is -2.26. The molecule has 6 heteroatoms. The molecule has 5 nitrogen and oxygen atoms in total. The van der Waals surface area contributed by atoms with Crippen LogP contribution in [0, 0.1) is 5.82 Å². The Labute approximate surface area is 128 Å². The van der Waals surface area contributed by atoms with Crippen LogP contribution < -0.4 is 10.6 Å². The van der Waals surface area contributed by atoms with Crippen molar-refractivity contribution in [1.29, 1.82) is 0 Å². The number of halogens is 1. The van der Waals surface area contributed by atoms with Crippen molar-refractivity contribution in [3.63, 3.8) is 0 Å². The van der Waals surface area contributed by atoms with Crippen LogP contribution in [0.3, 0.4) is 0 Å². The topological polar surface area (TPSA) is 66.9 Å². The van der Waals surface area contributed by atoms with Crippen LogP contribution in [0.25, 0.3) is 0 Å². The van der Waals surface area contributed by atoms with Gasteiger partial charge in [-0.25, -0.2) is 14.4 Å². The van der Waals surface area contributed by atoms with Gasteiger partial charge in [-0.15, -0.1) is 6.58 Å². The van der Waals surface area contributed by atoms with Crippen LogP contribution in [0.2, 0.25) is 0 Å². The Morgan fingerprint density at radius 3 is 2.68 bits per heavy atom. The number of aromatic nitrogens is 2. The predicted octanol–water partition coefficient (Wildman–Crippen LogP) is 2.19. The molecule has 22 heavy (non-hydrogen) atoms. The van der Waals surface area contributed by atoms with Gasteiger partial charge >= 0.3 is 0 Å². The number of anilines is 1. The highest BCUT2D eigenvalue weighted by Crippen LogP contribution is 2.06. The Balaban J connectivity index is 1.84. The van der Waals surface area contributed by atoms with Crippen molar-refractivity contribution in [2.24, 2.45) is 0 Å². The second-order valence-corrected chi connectivity index (χ2v) is 4.56. The van der Waals surface area contributed by atoms with E-state index in [1.807, 2.05) is 0 Å². The maximum atomic E-state index is 13.4. The highest BCUT2D eigenvalue weighted by atomic mass is 19.1. The first kappa shape index (κ1) is 15.6. The van der Waals surface area contributed by atoms with Gasteiger partial charge in [0.05, 0.1) is 5.56 Å². The minimum absolute atomic E-state index is 0.266. The van der Waals surface area contributed by atoms with Crippen molar-refractivity contribution in [3.8, 4) is 0 Å². The maximum absolute atomic E-state index is 13.4. The number of carbonyl (C=O) groups is 1. The summed E-state index contributed by atoms with van der Waals surface area (Å²) in [6.45, 7) is 4.47. The monoisotopic (exact) mass is 300 g/mol. The Kier molecular flexibility index (Phi) is 5.59. The molecule has 2 N–H and O–H groups in total. The molecule has 0 spiro atoms. The average Bonchev–Trinajstić information content (AvgIpc) is 2.55. The lowest BCUT2D eigenvalue weighted by Gasteiger charge is -2.06. The number of hydrogen-bond acceptors (Lipinski definition) is 4. The van der Waals surface area contributed by atoms with E-state index in [0.717, 1.165) is 0 Å². The summed E-state index contributed by atoms with van der Waals surface area (Å²) < 4.78 is 13.4. The van der Waals surface area contributed by atoms with Gasteiger partial charge in [-0.1, -0.05) is 24.3 Å². The van der Waals surface area contributed by atoms with Gasteiger partial charge < -0.3 is 10.6 Å². The lowest BCUT2D eigenvalue weighted by molar-refractivity contribution is 0.0953. The van der Waals surface area contributed by atoms with Gasteiger partial charge in [0.15, 0.2) is 0 Å². The molecule has 0 atom stereocenters. The molecule has 0 fully saturated rings. The number of nitrogens with zero attached hydrogens (tertiary/aromatic N) is 2. The normalized spacial score (nSPS) is 10.0. The van der Waals surface area contributed by atoms with Gasteiger partial charge in [0.2, 0.25) is 5.95 Å². The Morgan fingerprint density at radius 1 is 1.27 bits per heavy atom. The first-order valence-electron chi connectivity index (χ1n) is 6.89. The number of rotatable bonds is 7. The molecular formula is C16H17FN4O. The molecule has 1 heterocycles. The van der Waals surface area contributed by atoms with E-state index in [9.17, 15) is 9.18 Å². The maximum Gasteiger partial charge on any atom is 0.254 e. The van der Waals surface area contributed by atoms with E-state index in [-0.39, 0.29) is 11.7 Å². The molecule has 1 aromatic carbocycles.